The van der Waals surface area contributed by atoms with Gasteiger partial charge in [0.25, 0.3) is 0 Å². The Bertz CT molecular complexity index is 683. The van der Waals surface area contributed by atoms with E-state index in [4.69, 9.17) is 9.47 Å². The van der Waals surface area contributed by atoms with Crippen LogP contribution in [0.15, 0.2) is 48.5 Å². The molecule has 1 atom stereocenters. The van der Waals surface area contributed by atoms with Crippen molar-refractivity contribution in [3.05, 3.63) is 59.7 Å². The summed E-state index contributed by atoms with van der Waals surface area (Å²) in [6.45, 7) is 0.305. The number of nitrogens with one attached hydrogen (secondary N) is 1. The van der Waals surface area contributed by atoms with Gasteiger partial charge in [-0.05, 0) is 35.4 Å². The first-order valence-electron chi connectivity index (χ1n) is 6.99. The van der Waals surface area contributed by atoms with E-state index in [1.165, 1.54) is 7.11 Å². The van der Waals surface area contributed by atoms with Crippen LogP contribution in [-0.4, -0.2) is 24.0 Å². The third kappa shape index (κ3) is 4.81. The summed E-state index contributed by atoms with van der Waals surface area (Å²) in [5.74, 6) is 0.243. The lowest BCUT2D eigenvalue weighted by Gasteiger charge is -2.21. The molecule has 0 aromatic heterocycles. The van der Waals surface area contributed by atoms with Crippen molar-refractivity contribution in [1.82, 2.24) is 5.32 Å². The number of hydrogen-bond acceptors (Lipinski definition) is 4. The Morgan fingerprint density at radius 3 is 2.26 bits per heavy atom. The highest BCUT2D eigenvalue weighted by molar-refractivity contribution is 7.52. The highest BCUT2D eigenvalue weighted by Gasteiger charge is 2.29. The molecule has 0 bridgehead atoms. The van der Waals surface area contributed by atoms with E-state index in [1.54, 1.807) is 31.4 Å². The topological polar surface area (TPSA) is 88.0 Å². The maximum absolute atomic E-state index is 11.8. The van der Waals surface area contributed by atoms with E-state index >= 15 is 0 Å². The molecular formula is C16H20NO5P. The van der Waals surface area contributed by atoms with Gasteiger partial charge in [-0.3, -0.25) is 9.88 Å². The van der Waals surface area contributed by atoms with Crippen molar-refractivity contribution < 1.29 is 23.8 Å². The Balaban J connectivity index is 2.17. The molecule has 3 N–H and O–H groups in total. The number of ether oxygens (including phenoxy) is 2. The largest absolute Gasteiger partial charge is 0.497 e. The minimum atomic E-state index is -4.36. The van der Waals surface area contributed by atoms with E-state index in [1.807, 2.05) is 24.3 Å². The molecule has 7 heteroatoms. The Labute approximate surface area is 135 Å². The van der Waals surface area contributed by atoms with Crippen LogP contribution >= 0.6 is 7.60 Å². The fourth-order valence-corrected chi connectivity index (χ4v) is 3.10. The van der Waals surface area contributed by atoms with Crippen LogP contribution in [0.4, 0.5) is 0 Å². The van der Waals surface area contributed by atoms with Crippen LogP contribution in [0.2, 0.25) is 0 Å². The van der Waals surface area contributed by atoms with Crippen LogP contribution in [0.1, 0.15) is 16.9 Å². The molecule has 1 unspecified atom stereocenters. The molecule has 6 nitrogen and oxygen atoms in total. The van der Waals surface area contributed by atoms with Crippen LogP contribution in [0, 0.1) is 0 Å². The van der Waals surface area contributed by atoms with Gasteiger partial charge in [0.2, 0.25) is 0 Å². The molecule has 23 heavy (non-hydrogen) atoms. The molecule has 0 radical (unpaired) electrons. The van der Waals surface area contributed by atoms with Crippen LogP contribution in [0.3, 0.4) is 0 Å². The molecule has 2 rings (SSSR count). The molecule has 0 saturated carbocycles. The summed E-state index contributed by atoms with van der Waals surface area (Å²) in [6.07, 6.45) is 0. The molecule has 0 heterocycles. The normalized spacial score (nSPS) is 12.7. The number of hydrogen-bond donors (Lipinski definition) is 3. The van der Waals surface area contributed by atoms with Crippen LogP contribution in [-0.2, 0) is 11.1 Å². The summed E-state index contributed by atoms with van der Waals surface area (Å²) < 4.78 is 22.0. The molecule has 0 amide bonds. The zero-order chi connectivity index (χ0) is 16.9. The predicted octanol–water partition coefficient (Wildman–Crippen LogP) is 2.67. The van der Waals surface area contributed by atoms with E-state index in [9.17, 15) is 14.4 Å². The summed E-state index contributed by atoms with van der Waals surface area (Å²) in [6, 6.07) is 13.9. The number of rotatable bonds is 7. The van der Waals surface area contributed by atoms with Crippen molar-refractivity contribution in [2.75, 3.05) is 14.2 Å². The summed E-state index contributed by atoms with van der Waals surface area (Å²) in [7, 11) is -1.25. The molecular weight excluding hydrogens is 317 g/mol. The Morgan fingerprint density at radius 2 is 1.70 bits per heavy atom. The molecule has 0 aliphatic heterocycles. The summed E-state index contributed by atoms with van der Waals surface area (Å²) >= 11 is 0. The maximum Gasteiger partial charge on any atom is 0.346 e. The number of benzene rings is 2. The molecule has 2 aromatic carbocycles. The van der Waals surface area contributed by atoms with Gasteiger partial charge in [-0.15, -0.1) is 0 Å². The summed E-state index contributed by atoms with van der Waals surface area (Å²) in [4.78, 5) is 19.3. The lowest BCUT2D eigenvalue weighted by atomic mass is 10.2. The zero-order valence-electron chi connectivity index (χ0n) is 13.0. The van der Waals surface area contributed by atoms with Gasteiger partial charge in [0.1, 0.15) is 17.3 Å². The first-order chi connectivity index (χ1) is 10.9. The van der Waals surface area contributed by atoms with Gasteiger partial charge in [0.05, 0.1) is 14.2 Å². The van der Waals surface area contributed by atoms with E-state index in [0.717, 1.165) is 5.56 Å². The third-order valence-electron chi connectivity index (χ3n) is 3.40. The highest BCUT2D eigenvalue weighted by Crippen LogP contribution is 2.50. The Hall–Kier alpha value is -1.85. The standard InChI is InChI=1S/C16H20NO5P/c1-21-14-8-6-13(7-9-14)16(23(18,19)20)17-11-12-4-3-5-15(10-12)22-2/h3-10,16-17H,11H2,1-2H3,(H2,18,19,20). The van der Waals surface area contributed by atoms with Crippen molar-refractivity contribution in [2.45, 2.75) is 12.3 Å². The van der Waals surface area contributed by atoms with Crippen molar-refractivity contribution in [3.63, 3.8) is 0 Å². The van der Waals surface area contributed by atoms with Crippen molar-refractivity contribution in [3.8, 4) is 11.5 Å². The fraction of sp³-hybridized carbons (Fsp3) is 0.250. The molecule has 0 aliphatic carbocycles. The molecule has 2 aromatic rings. The smallest absolute Gasteiger partial charge is 0.346 e. The van der Waals surface area contributed by atoms with Gasteiger partial charge in [-0.25, -0.2) is 0 Å². The first kappa shape index (κ1) is 17.5. The van der Waals surface area contributed by atoms with E-state index in [0.29, 0.717) is 23.6 Å². The average molecular weight is 337 g/mol. The quantitative estimate of drug-likeness (QED) is 0.673. The van der Waals surface area contributed by atoms with Crippen LogP contribution in [0.25, 0.3) is 0 Å². The van der Waals surface area contributed by atoms with Gasteiger partial charge in [0, 0.05) is 6.54 Å². The van der Waals surface area contributed by atoms with E-state index < -0.39 is 13.4 Å². The maximum atomic E-state index is 11.8. The molecule has 0 spiro atoms. The van der Waals surface area contributed by atoms with Crippen LogP contribution in [0.5, 0.6) is 11.5 Å². The fourth-order valence-electron chi connectivity index (χ4n) is 2.21. The lowest BCUT2D eigenvalue weighted by molar-refractivity contribution is 0.347. The second-order valence-electron chi connectivity index (χ2n) is 5.00. The molecule has 0 aliphatic rings. The van der Waals surface area contributed by atoms with E-state index in [-0.39, 0.29) is 0 Å². The minimum Gasteiger partial charge on any atom is -0.497 e. The predicted molar refractivity (Wildman–Crippen MR) is 87.6 cm³/mol. The first-order valence-corrected chi connectivity index (χ1v) is 8.67. The van der Waals surface area contributed by atoms with Gasteiger partial charge >= 0.3 is 7.60 Å². The summed E-state index contributed by atoms with van der Waals surface area (Å²) in [5.41, 5.74) is 1.37. The minimum absolute atomic E-state index is 0.305. The Kier molecular flexibility index (Phi) is 5.80. The van der Waals surface area contributed by atoms with Crippen molar-refractivity contribution in [2.24, 2.45) is 0 Å². The third-order valence-corrected chi connectivity index (χ3v) is 4.55. The van der Waals surface area contributed by atoms with Gasteiger partial charge in [0.15, 0.2) is 0 Å². The number of methoxy groups -OCH3 is 2. The molecule has 0 fully saturated rings. The second kappa shape index (κ2) is 7.62. The Morgan fingerprint density at radius 1 is 1.04 bits per heavy atom. The highest BCUT2D eigenvalue weighted by atomic mass is 31.2. The van der Waals surface area contributed by atoms with Gasteiger partial charge in [-0.2, -0.15) is 0 Å². The van der Waals surface area contributed by atoms with E-state index in [2.05, 4.69) is 5.32 Å². The average Bonchev–Trinajstić information content (AvgIpc) is 2.54. The lowest BCUT2D eigenvalue weighted by Crippen LogP contribution is -2.21. The summed E-state index contributed by atoms with van der Waals surface area (Å²) in [5, 5.41) is 2.92. The van der Waals surface area contributed by atoms with Gasteiger partial charge in [-0.1, -0.05) is 24.3 Å². The SMILES string of the molecule is COc1ccc(C(NCc2cccc(OC)c2)P(=O)(O)O)cc1. The molecule has 0 saturated heterocycles. The van der Waals surface area contributed by atoms with Crippen molar-refractivity contribution >= 4 is 7.60 Å². The van der Waals surface area contributed by atoms with Crippen molar-refractivity contribution in [1.29, 1.82) is 0 Å². The molecule has 124 valence electrons. The van der Waals surface area contributed by atoms with Gasteiger partial charge < -0.3 is 19.3 Å². The van der Waals surface area contributed by atoms with Crippen LogP contribution < -0.4 is 14.8 Å². The zero-order valence-corrected chi connectivity index (χ0v) is 13.9. The monoisotopic (exact) mass is 337 g/mol. The second-order valence-corrected chi connectivity index (χ2v) is 6.69.